The summed E-state index contributed by atoms with van der Waals surface area (Å²) in [4.78, 5) is 15.9. The SMILES string of the molecule is CCCCCCCCOc1ncc(N)cc1C(=O)OCC. The van der Waals surface area contributed by atoms with Crippen molar-refractivity contribution in [1.82, 2.24) is 4.98 Å². The molecule has 0 saturated heterocycles. The van der Waals surface area contributed by atoms with Gasteiger partial charge in [-0.05, 0) is 19.4 Å². The molecule has 1 aromatic rings. The standard InChI is InChI=1S/C16H26N2O3/c1-3-5-6-7-8-9-10-21-15-14(16(19)20-4-2)11-13(17)12-18-15/h11-12H,3-10,17H2,1-2H3. The van der Waals surface area contributed by atoms with Gasteiger partial charge in [-0.25, -0.2) is 9.78 Å². The molecule has 0 unspecified atom stereocenters. The highest BCUT2D eigenvalue weighted by Crippen LogP contribution is 2.19. The Morgan fingerprint density at radius 2 is 1.90 bits per heavy atom. The van der Waals surface area contributed by atoms with Gasteiger partial charge in [-0.1, -0.05) is 39.0 Å². The normalized spacial score (nSPS) is 10.4. The van der Waals surface area contributed by atoms with Crippen LogP contribution in [0, 0.1) is 0 Å². The van der Waals surface area contributed by atoms with E-state index in [0.29, 0.717) is 30.3 Å². The van der Waals surface area contributed by atoms with E-state index in [4.69, 9.17) is 15.2 Å². The van der Waals surface area contributed by atoms with Crippen LogP contribution in [0.25, 0.3) is 0 Å². The Kier molecular flexibility index (Phi) is 8.24. The van der Waals surface area contributed by atoms with Gasteiger partial charge in [0.25, 0.3) is 0 Å². The molecule has 0 spiro atoms. The summed E-state index contributed by atoms with van der Waals surface area (Å²) >= 11 is 0. The number of hydrogen-bond donors (Lipinski definition) is 1. The van der Waals surface area contributed by atoms with Crippen LogP contribution >= 0.6 is 0 Å². The predicted octanol–water partition coefficient (Wildman–Crippen LogP) is 3.58. The highest BCUT2D eigenvalue weighted by atomic mass is 16.5. The number of nitrogen functional groups attached to an aromatic ring is 1. The Balaban J connectivity index is 2.45. The zero-order chi connectivity index (χ0) is 15.5. The number of nitrogens with zero attached hydrogens (tertiary/aromatic N) is 1. The molecule has 0 aliphatic heterocycles. The zero-order valence-corrected chi connectivity index (χ0v) is 13.1. The van der Waals surface area contributed by atoms with E-state index >= 15 is 0 Å². The van der Waals surface area contributed by atoms with E-state index in [1.807, 2.05) is 0 Å². The van der Waals surface area contributed by atoms with Crippen molar-refractivity contribution in [3.05, 3.63) is 17.8 Å². The van der Waals surface area contributed by atoms with Gasteiger partial charge in [-0.2, -0.15) is 0 Å². The number of esters is 1. The molecule has 1 aromatic heterocycles. The molecule has 0 aliphatic carbocycles. The quantitative estimate of drug-likeness (QED) is 0.527. The molecule has 5 heteroatoms. The van der Waals surface area contributed by atoms with Gasteiger partial charge in [0.15, 0.2) is 0 Å². The number of nitrogens with two attached hydrogens (primary N) is 1. The van der Waals surface area contributed by atoms with E-state index in [1.54, 1.807) is 13.0 Å². The maximum Gasteiger partial charge on any atom is 0.343 e. The van der Waals surface area contributed by atoms with Gasteiger partial charge in [-0.3, -0.25) is 0 Å². The predicted molar refractivity (Wildman–Crippen MR) is 83.5 cm³/mol. The summed E-state index contributed by atoms with van der Waals surface area (Å²) in [7, 11) is 0. The second kappa shape index (κ2) is 10.0. The molecule has 0 aromatic carbocycles. The number of carbonyl (C=O) groups excluding carboxylic acids is 1. The van der Waals surface area contributed by atoms with E-state index in [1.165, 1.54) is 31.9 Å². The van der Waals surface area contributed by atoms with Crippen molar-refractivity contribution in [1.29, 1.82) is 0 Å². The largest absolute Gasteiger partial charge is 0.477 e. The van der Waals surface area contributed by atoms with Crippen molar-refractivity contribution in [3.8, 4) is 5.88 Å². The molecule has 0 radical (unpaired) electrons. The summed E-state index contributed by atoms with van der Waals surface area (Å²) in [6.45, 7) is 4.82. The number of pyridine rings is 1. The number of carbonyl (C=O) groups is 1. The first-order valence-electron chi connectivity index (χ1n) is 7.74. The molecule has 1 heterocycles. The van der Waals surface area contributed by atoms with Crippen LogP contribution in [0.2, 0.25) is 0 Å². The average Bonchev–Trinajstić information content (AvgIpc) is 2.47. The van der Waals surface area contributed by atoms with Crippen LogP contribution in [0.4, 0.5) is 5.69 Å². The third kappa shape index (κ3) is 6.47. The molecule has 0 amide bonds. The zero-order valence-electron chi connectivity index (χ0n) is 13.1. The van der Waals surface area contributed by atoms with E-state index in [2.05, 4.69) is 11.9 Å². The molecule has 21 heavy (non-hydrogen) atoms. The number of aromatic nitrogens is 1. The van der Waals surface area contributed by atoms with Crippen LogP contribution in [-0.4, -0.2) is 24.2 Å². The fourth-order valence-corrected chi connectivity index (χ4v) is 1.99. The van der Waals surface area contributed by atoms with Gasteiger partial charge in [0.1, 0.15) is 5.56 Å². The van der Waals surface area contributed by atoms with E-state index in [9.17, 15) is 4.79 Å². The second-order valence-electron chi connectivity index (χ2n) is 4.96. The lowest BCUT2D eigenvalue weighted by atomic mass is 10.1. The molecule has 0 bridgehead atoms. The third-order valence-electron chi connectivity index (χ3n) is 3.10. The number of anilines is 1. The monoisotopic (exact) mass is 294 g/mol. The first kappa shape index (κ1) is 17.3. The molecular weight excluding hydrogens is 268 g/mol. The Morgan fingerprint density at radius 1 is 1.19 bits per heavy atom. The van der Waals surface area contributed by atoms with Gasteiger partial charge in [0.2, 0.25) is 5.88 Å². The first-order valence-corrected chi connectivity index (χ1v) is 7.74. The molecule has 0 saturated carbocycles. The topological polar surface area (TPSA) is 74.4 Å². The minimum atomic E-state index is -0.449. The molecule has 0 aliphatic rings. The maximum absolute atomic E-state index is 11.8. The fourth-order valence-electron chi connectivity index (χ4n) is 1.99. The summed E-state index contributed by atoms with van der Waals surface area (Å²) in [5.41, 5.74) is 6.37. The fraction of sp³-hybridized carbons (Fsp3) is 0.625. The smallest absolute Gasteiger partial charge is 0.343 e. The van der Waals surface area contributed by atoms with Crippen molar-refractivity contribution in [2.45, 2.75) is 52.4 Å². The van der Waals surface area contributed by atoms with Crippen molar-refractivity contribution in [2.75, 3.05) is 18.9 Å². The molecule has 0 atom stereocenters. The van der Waals surface area contributed by atoms with E-state index in [-0.39, 0.29) is 0 Å². The van der Waals surface area contributed by atoms with Crippen molar-refractivity contribution >= 4 is 11.7 Å². The Hall–Kier alpha value is -1.78. The lowest BCUT2D eigenvalue weighted by Crippen LogP contribution is -2.10. The molecule has 118 valence electrons. The molecule has 0 fully saturated rings. The average molecular weight is 294 g/mol. The number of unbranched alkanes of at least 4 members (excludes halogenated alkanes) is 5. The number of rotatable bonds is 10. The summed E-state index contributed by atoms with van der Waals surface area (Å²) in [5.74, 6) is -0.147. The van der Waals surface area contributed by atoms with Crippen LogP contribution in [0.5, 0.6) is 5.88 Å². The highest BCUT2D eigenvalue weighted by molar-refractivity contribution is 5.92. The molecule has 5 nitrogen and oxygen atoms in total. The maximum atomic E-state index is 11.8. The van der Waals surface area contributed by atoms with E-state index < -0.39 is 5.97 Å². The Morgan fingerprint density at radius 3 is 2.62 bits per heavy atom. The van der Waals surface area contributed by atoms with Crippen molar-refractivity contribution in [2.24, 2.45) is 0 Å². The molecular formula is C16H26N2O3. The Bertz CT molecular complexity index is 436. The Labute approximate surface area is 126 Å². The van der Waals surface area contributed by atoms with E-state index in [0.717, 1.165) is 12.8 Å². The van der Waals surface area contributed by atoms with Gasteiger partial charge in [-0.15, -0.1) is 0 Å². The van der Waals surface area contributed by atoms with Crippen LogP contribution in [0.1, 0.15) is 62.7 Å². The molecule has 2 N–H and O–H groups in total. The number of hydrogen-bond acceptors (Lipinski definition) is 5. The van der Waals surface area contributed by atoms with Gasteiger partial charge < -0.3 is 15.2 Å². The minimum absolute atomic E-state index is 0.294. The summed E-state index contributed by atoms with van der Waals surface area (Å²) in [5, 5.41) is 0. The summed E-state index contributed by atoms with van der Waals surface area (Å²) < 4.78 is 10.6. The van der Waals surface area contributed by atoms with Crippen LogP contribution in [0.15, 0.2) is 12.3 Å². The number of ether oxygens (including phenoxy) is 2. The van der Waals surface area contributed by atoms with Crippen molar-refractivity contribution < 1.29 is 14.3 Å². The second-order valence-corrected chi connectivity index (χ2v) is 4.96. The van der Waals surface area contributed by atoms with Crippen LogP contribution < -0.4 is 10.5 Å². The molecule has 1 rings (SSSR count). The van der Waals surface area contributed by atoms with Crippen molar-refractivity contribution in [3.63, 3.8) is 0 Å². The lowest BCUT2D eigenvalue weighted by Gasteiger charge is -2.10. The summed E-state index contributed by atoms with van der Waals surface area (Å²) in [6, 6.07) is 1.54. The lowest BCUT2D eigenvalue weighted by molar-refractivity contribution is 0.0520. The van der Waals surface area contributed by atoms with Crippen LogP contribution in [-0.2, 0) is 4.74 Å². The van der Waals surface area contributed by atoms with Gasteiger partial charge in [0.05, 0.1) is 25.1 Å². The third-order valence-corrected chi connectivity index (χ3v) is 3.10. The van der Waals surface area contributed by atoms with Crippen LogP contribution in [0.3, 0.4) is 0 Å². The van der Waals surface area contributed by atoms with Gasteiger partial charge >= 0.3 is 5.97 Å². The van der Waals surface area contributed by atoms with Gasteiger partial charge in [0, 0.05) is 0 Å². The minimum Gasteiger partial charge on any atom is -0.477 e. The highest BCUT2D eigenvalue weighted by Gasteiger charge is 2.15. The summed E-state index contributed by atoms with van der Waals surface area (Å²) in [6.07, 6.45) is 8.59. The first-order chi connectivity index (χ1) is 10.2.